The van der Waals surface area contributed by atoms with Crippen LogP contribution in [-0.2, 0) is 4.79 Å². The van der Waals surface area contributed by atoms with Gasteiger partial charge in [0.2, 0.25) is 0 Å². The highest BCUT2D eigenvalue weighted by Crippen LogP contribution is 2.28. The van der Waals surface area contributed by atoms with Crippen molar-refractivity contribution in [2.24, 2.45) is 5.92 Å². The Hall–Kier alpha value is -3.96. The van der Waals surface area contributed by atoms with Crippen LogP contribution in [0.15, 0.2) is 48.5 Å². The lowest BCUT2D eigenvalue weighted by molar-refractivity contribution is -0.274. The Morgan fingerprint density at radius 1 is 0.861 bits per heavy atom. The van der Waals surface area contributed by atoms with E-state index in [2.05, 4.69) is 20.7 Å². The number of nitrogens with one attached hydrogen (secondary N) is 3. The van der Waals surface area contributed by atoms with Gasteiger partial charge in [-0.15, -0.1) is 13.2 Å². The molecule has 12 heteroatoms. The van der Waals surface area contributed by atoms with Crippen LogP contribution in [0.25, 0.3) is 0 Å². The molecule has 3 amide bonds. The van der Waals surface area contributed by atoms with Gasteiger partial charge < -0.3 is 30.5 Å². The number of ether oxygens (including phenoxy) is 2. The summed E-state index contributed by atoms with van der Waals surface area (Å²) in [6, 6.07) is 10.7. The molecule has 0 saturated heterocycles. The molecule has 0 atom stereocenters. The van der Waals surface area contributed by atoms with Crippen LogP contribution in [0.2, 0.25) is 0 Å². The molecule has 194 valence electrons. The highest BCUT2D eigenvalue weighted by molar-refractivity contribution is 5.94. The molecule has 9 nitrogen and oxygen atoms in total. The Labute approximate surface area is 205 Å². The molecule has 0 aliphatic heterocycles. The molecule has 0 unspecified atom stereocenters. The fraction of sp³-hybridized carbons (Fsp3) is 0.375. The largest absolute Gasteiger partial charge is 0.573 e. The highest BCUT2D eigenvalue weighted by Gasteiger charge is 2.31. The van der Waals surface area contributed by atoms with E-state index in [-0.39, 0.29) is 36.7 Å². The molecule has 4 N–H and O–H groups in total. The Morgan fingerprint density at radius 3 is 2.03 bits per heavy atom. The zero-order chi connectivity index (χ0) is 26.1. The molecule has 0 spiro atoms. The molecule has 0 bridgehead atoms. The van der Waals surface area contributed by atoms with Gasteiger partial charge in [-0.2, -0.15) is 0 Å². The third kappa shape index (κ3) is 8.67. The number of urea groups is 1. The average molecular weight is 509 g/mol. The highest BCUT2D eigenvalue weighted by atomic mass is 19.4. The number of rotatable bonds is 9. The van der Waals surface area contributed by atoms with Crippen LogP contribution >= 0.6 is 0 Å². The second-order valence-electron chi connectivity index (χ2n) is 8.16. The predicted molar refractivity (Wildman–Crippen MR) is 123 cm³/mol. The maximum absolute atomic E-state index is 12.3. The van der Waals surface area contributed by atoms with Gasteiger partial charge in [-0.25, -0.2) is 4.79 Å². The van der Waals surface area contributed by atoms with E-state index in [1.165, 1.54) is 12.1 Å². The van der Waals surface area contributed by atoms with Crippen molar-refractivity contribution in [3.8, 4) is 11.5 Å². The number of benzene rings is 2. The number of carboxylic acids is 1. The minimum Gasteiger partial charge on any atom is -0.490 e. The molecule has 1 saturated carbocycles. The smallest absolute Gasteiger partial charge is 0.490 e. The van der Waals surface area contributed by atoms with Crippen molar-refractivity contribution in [2.75, 3.05) is 18.4 Å². The van der Waals surface area contributed by atoms with Crippen molar-refractivity contribution in [3.05, 3.63) is 54.1 Å². The van der Waals surface area contributed by atoms with Gasteiger partial charge in [0.1, 0.15) is 11.5 Å². The molecule has 36 heavy (non-hydrogen) atoms. The van der Waals surface area contributed by atoms with Crippen molar-refractivity contribution >= 4 is 23.6 Å². The lowest BCUT2D eigenvalue weighted by Gasteiger charge is -2.26. The van der Waals surface area contributed by atoms with Crippen LogP contribution in [-0.4, -0.2) is 48.6 Å². The number of hydrogen-bond acceptors (Lipinski definition) is 5. The Bertz CT molecular complexity index is 1040. The molecule has 0 radical (unpaired) electrons. The number of halogens is 3. The number of carbonyl (C=O) groups excluding carboxylic acids is 2. The maximum Gasteiger partial charge on any atom is 0.573 e. The topological polar surface area (TPSA) is 126 Å². The summed E-state index contributed by atoms with van der Waals surface area (Å²) < 4.78 is 46.2. The Kier molecular flexibility index (Phi) is 8.98. The van der Waals surface area contributed by atoms with Gasteiger partial charge in [-0.05, 0) is 74.2 Å². The number of anilines is 1. The van der Waals surface area contributed by atoms with Crippen molar-refractivity contribution in [1.82, 2.24) is 10.6 Å². The Balaban J connectivity index is 1.34. The van der Waals surface area contributed by atoms with E-state index in [0.29, 0.717) is 37.0 Å². The quantitative estimate of drug-likeness (QED) is 0.376. The van der Waals surface area contributed by atoms with E-state index in [1.54, 1.807) is 24.3 Å². The molecule has 1 aliphatic carbocycles. The van der Waals surface area contributed by atoms with E-state index < -0.39 is 24.1 Å². The van der Waals surface area contributed by atoms with Gasteiger partial charge in [-0.1, -0.05) is 0 Å². The first kappa shape index (κ1) is 26.6. The van der Waals surface area contributed by atoms with Gasteiger partial charge >= 0.3 is 18.4 Å². The third-order valence-electron chi connectivity index (χ3n) is 5.48. The van der Waals surface area contributed by atoms with E-state index >= 15 is 0 Å². The summed E-state index contributed by atoms with van der Waals surface area (Å²) in [5.41, 5.74) is 0.672. The summed E-state index contributed by atoms with van der Waals surface area (Å²) in [7, 11) is 0. The summed E-state index contributed by atoms with van der Waals surface area (Å²) in [6.45, 7) is 0.267. The summed E-state index contributed by atoms with van der Waals surface area (Å²) in [6.07, 6.45) is -2.36. The Morgan fingerprint density at radius 2 is 1.44 bits per heavy atom. The van der Waals surface area contributed by atoms with Crippen molar-refractivity contribution in [1.29, 1.82) is 0 Å². The van der Waals surface area contributed by atoms with Crippen molar-refractivity contribution < 1.29 is 42.1 Å². The fourth-order valence-electron chi connectivity index (χ4n) is 3.67. The summed E-state index contributed by atoms with van der Waals surface area (Å²) in [5.74, 6) is -1.23. The summed E-state index contributed by atoms with van der Waals surface area (Å²) in [4.78, 5) is 35.2. The van der Waals surface area contributed by atoms with Gasteiger partial charge in [0, 0.05) is 24.3 Å². The molecular formula is C24H26F3N3O6. The van der Waals surface area contributed by atoms with Crippen molar-refractivity contribution in [2.45, 2.75) is 38.1 Å². The van der Waals surface area contributed by atoms with Crippen LogP contribution in [0.1, 0.15) is 36.0 Å². The fourth-order valence-corrected chi connectivity index (χ4v) is 3.67. The van der Waals surface area contributed by atoms with Crippen LogP contribution in [0, 0.1) is 5.92 Å². The second-order valence-corrected chi connectivity index (χ2v) is 8.16. The standard InChI is InChI=1S/C24H26F3N3O6/c25-24(26,27)36-20-11-5-17(6-12-20)30-23(34)29-14-13-28-21(31)15-1-7-18(8-2-15)35-19-9-3-16(4-10-19)22(32)33/h1-2,5-8,11-12,16,19H,3-4,9-10,13-14H2,(H,28,31)(H,32,33)(H2,29,30,34)/t16-,19+. The van der Waals surface area contributed by atoms with Crippen LogP contribution in [0.3, 0.4) is 0 Å². The minimum atomic E-state index is -4.79. The molecule has 1 aliphatic rings. The minimum absolute atomic E-state index is 0.0522. The first-order valence-corrected chi connectivity index (χ1v) is 11.3. The van der Waals surface area contributed by atoms with E-state index in [0.717, 1.165) is 12.1 Å². The lowest BCUT2D eigenvalue weighted by Crippen LogP contribution is -2.36. The molecule has 3 rings (SSSR count). The number of amides is 3. The molecule has 2 aromatic rings. The predicted octanol–water partition coefficient (Wildman–Crippen LogP) is 4.16. The number of hydrogen-bond donors (Lipinski definition) is 4. The first-order chi connectivity index (χ1) is 17.1. The van der Waals surface area contributed by atoms with Gasteiger partial charge in [0.25, 0.3) is 5.91 Å². The average Bonchev–Trinajstić information content (AvgIpc) is 2.83. The first-order valence-electron chi connectivity index (χ1n) is 11.3. The van der Waals surface area contributed by atoms with Crippen LogP contribution in [0.5, 0.6) is 11.5 Å². The zero-order valence-corrected chi connectivity index (χ0v) is 19.1. The third-order valence-corrected chi connectivity index (χ3v) is 5.48. The molecule has 0 heterocycles. The zero-order valence-electron chi connectivity index (χ0n) is 19.1. The van der Waals surface area contributed by atoms with Crippen molar-refractivity contribution in [3.63, 3.8) is 0 Å². The summed E-state index contributed by atoms with van der Waals surface area (Å²) >= 11 is 0. The number of carboxylic acid groups (broad SMARTS) is 1. The number of carbonyl (C=O) groups is 3. The van der Waals surface area contributed by atoms with Gasteiger partial charge in [0.05, 0.1) is 12.0 Å². The molecular weight excluding hydrogens is 483 g/mol. The lowest BCUT2D eigenvalue weighted by atomic mass is 9.87. The normalized spacial score (nSPS) is 17.5. The molecule has 0 aromatic heterocycles. The van der Waals surface area contributed by atoms with Gasteiger partial charge in [0.15, 0.2) is 0 Å². The van der Waals surface area contributed by atoms with Gasteiger partial charge in [-0.3, -0.25) is 9.59 Å². The number of alkyl halides is 3. The molecule has 2 aromatic carbocycles. The monoisotopic (exact) mass is 509 g/mol. The maximum atomic E-state index is 12.3. The van der Waals surface area contributed by atoms with Crippen LogP contribution < -0.4 is 25.4 Å². The van der Waals surface area contributed by atoms with E-state index in [4.69, 9.17) is 9.84 Å². The number of aliphatic carboxylic acids is 1. The van der Waals surface area contributed by atoms with E-state index in [1.807, 2.05) is 0 Å². The molecule has 1 fully saturated rings. The van der Waals surface area contributed by atoms with Crippen LogP contribution in [0.4, 0.5) is 23.7 Å². The second kappa shape index (κ2) is 12.1. The summed E-state index contributed by atoms with van der Waals surface area (Å²) in [5, 5.41) is 16.7. The SMILES string of the molecule is O=C(NCCNC(=O)c1ccc(O[C@H]2CC[C@@H](C(=O)O)CC2)cc1)Nc1ccc(OC(F)(F)F)cc1. The van der Waals surface area contributed by atoms with E-state index in [9.17, 15) is 27.6 Å².